The predicted molar refractivity (Wildman–Crippen MR) is 135 cm³/mol. The van der Waals surface area contributed by atoms with Crippen molar-refractivity contribution in [2.45, 2.75) is 46.0 Å². The summed E-state index contributed by atoms with van der Waals surface area (Å²) < 4.78 is 0. The molecule has 0 aromatic heterocycles. The molecule has 178 valence electrons. The zero-order valence-corrected chi connectivity index (χ0v) is 20.3. The summed E-state index contributed by atoms with van der Waals surface area (Å²) in [6, 6.07) is 15.8. The van der Waals surface area contributed by atoms with Gasteiger partial charge in [-0.25, -0.2) is 4.79 Å². The topological polar surface area (TPSA) is 64.7 Å². The Balaban J connectivity index is 1.57. The highest BCUT2D eigenvalue weighted by Crippen LogP contribution is 2.28. The summed E-state index contributed by atoms with van der Waals surface area (Å²) >= 11 is 0. The highest BCUT2D eigenvalue weighted by Gasteiger charge is 2.25. The molecule has 3 rings (SSSR count). The maximum Gasteiger partial charge on any atom is 0.321 e. The lowest BCUT2D eigenvalue weighted by molar-refractivity contribution is 0.0948. The van der Waals surface area contributed by atoms with Crippen LogP contribution in [0.25, 0.3) is 0 Å². The largest absolute Gasteiger partial charge is 0.351 e. The van der Waals surface area contributed by atoms with Crippen LogP contribution in [0.15, 0.2) is 48.5 Å². The number of carbonyl (C=O) groups is 2. The summed E-state index contributed by atoms with van der Waals surface area (Å²) in [6.45, 7) is 11.2. The third-order valence-electron chi connectivity index (χ3n) is 6.55. The Labute approximate surface area is 198 Å². The van der Waals surface area contributed by atoms with Crippen molar-refractivity contribution in [1.29, 1.82) is 0 Å². The molecule has 2 aromatic rings. The van der Waals surface area contributed by atoms with E-state index in [-0.39, 0.29) is 17.9 Å². The van der Waals surface area contributed by atoms with Gasteiger partial charge in [-0.1, -0.05) is 45.0 Å². The summed E-state index contributed by atoms with van der Waals surface area (Å²) in [5.41, 5.74) is 3.88. The van der Waals surface area contributed by atoms with Crippen molar-refractivity contribution in [3.8, 4) is 0 Å². The highest BCUT2D eigenvalue weighted by atomic mass is 16.2. The fourth-order valence-electron chi connectivity index (χ4n) is 4.36. The third kappa shape index (κ3) is 7.06. The molecule has 1 heterocycles. The van der Waals surface area contributed by atoms with Crippen LogP contribution in [0, 0.1) is 0 Å². The van der Waals surface area contributed by atoms with Crippen molar-refractivity contribution in [2.75, 3.05) is 44.6 Å². The predicted octanol–water partition coefficient (Wildman–Crippen LogP) is 4.73. The molecule has 1 saturated heterocycles. The zero-order valence-electron chi connectivity index (χ0n) is 20.3. The molecule has 33 heavy (non-hydrogen) atoms. The number of rotatable bonds is 9. The Morgan fingerprint density at radius 1 is 1.06 bits per heavy atom. The molecule has 6 heteroatoms. The number of piperidine rings is 1. The molecule has 0 radical (unpaired) electrons. The number of carbonyl (C=O) groups excluding carboxylic acids is 2. The number of hydrogen-bond donors (Lipinski definition) is 2. The molecule has 6 nitrogen and oxygen atoms in total. The molecule has 0 unspecified atom stereocenters. The van der Waals surface area contributed by atoms with E-state index in [4.69, 9.17) is 0 Å². The van der Waals surface area contributed by atoms with Crippen LogP contribution in [0.5, 0.6) is 0 Å². The number of benzene rings is 2. The van der Waals surface area contributed by atoms with Crippen LogP contribution in [-0.4, -0.2) is 61.0 Å². The lowest BCUT2D eigenvalue weighted by atomic mass is 9.89. The van der Waals surface area contributed by atoms with E-state index in [0.29, 0.717) is 18.7 Å². The van der Waals surface area contributed by atoms with Gasteiger partial charge in [0.05, 0.1) is 0 Å². The minimum absolute atomic E-state index is 0.0371. The van der Waals surface area contributed by atoms with Crippen molar-refractivity contribution in [1.82, 2.24) is 15.1 Å². The molecule has 0 bridgehead atoms. The highest BCUT2D eigenvalue weighted by molar-refractivity contribution is 5.94. The Hall–Kier alpha value is -2.86. The lowest BCUT2D eigenvalue weighted by Gasteiger charge is -2.33. The standard InChI is InChI=1S/C27H38N4O2/c1-4-21-12-14-25(15-13-21)29-27(33)31-17-8-11-24(20-31)22-9-7-10-23(19-22)26(32)28-16-18-30(5-2)6-3/h7,9-10,12-15,19,24H,4-6,8,11,16-18,20H2,1-3H3,(H,28,32)(H,29,33)/t24-/m1/s1. The van der Waals surface area contributed by atoms with Gasteiger partial charge in [0.15, 0.2) is 0 Å². The number of anilines is 1. The number of likely N-dealkylation sites (N-methyl/N-ethyl adjacent to an activating group) is 1. The molecule has 0 spiro atoms. The molecular formula is C27H38N4O2. The van der Waals surface area contributed by atoms with Crippen LogP contribution in [0.1, 0.15) is 61.0 Å². The first-order valence-corrected chi connectivity index (χ1v) is 12.3. The second-order valence-electron chi connectivity index (χ2n) is 8.67. The van der Waals surface area contributed by atoms with Gasteiger partial charge in [0.2, 0.25) is 0 Å². The number of urea groups is 1. The molecule has 1 aliphatic rings. The second kappa shape index (κ2) is 12.4. The van der Waals surface area contributed by atoms with Gasteiger partial charge < -0.3 is 20.4 Å². The first kappa shape index (κ1) is 24.8. The molecule has 0 aliphatic carbocycles. The fraction of sp³-hybridized carbons (Fsp3) is 0.481. The quantitative estimate of drug-likeness (QED) is 0.580. The maximum absolute atomic E-state index is 12.8. The van der Waals surface area contributed by atoms with Crippen molar-refractivity contribution in [3.05, 3.63) is 65.2 Å². The molecule has 0 saturated carbocycles. The van der Waals surface area contributed by atoms with Gasteiger partial charge in [-0.15, -0.1) is 0 Å². The van der Waals surface area contributed by atoms with Crippen LogP contribution in [0.2, 0.25) is 0 Å². The first-order valence-electron chi connectivity index (χ1n) is 12.3. The average Bonchev–Trinajstić information content (AvgIpc) is 2.87. The van der Waals surface area contributed by atoms with E-state index in [9.17, 15) is 9.59 Å². The SMILES string of the molecule is CCc1ccc(NC(=O)N2CCC[C@@H](c3cccc(C(=O)NCCN(CC)CC)c3)C2)cc1. The smallest absolute Gasteiger partial charge is 0.321 e. The molecule has 1 fully saturated rings. The second-order valence-corrected chi connectivity index (χ2v) is 8.67. The Kier molecular flexibility index (Phi) is 9.31. The van der Waals surface area contributed by atoms with E-state index in [2.05, 4.69) is 42.4 Å². The van der Waals surface area contributed by atoms with Gasteiger partial charge in [-0.3, -0.25) is 4.79 Å². The van der Waals surface area contributed by atoms with Gasteiger partial charge >= 0.3 is 6.03 Å². The average molecular weight is 451 g/mol. The number of nitrogens with zero attached hydrogens (tertiary/aromatic N) is 2. The lowest BCUT2D eigenvalue weighted by Crippen LogP contribution is -2.41. The summed E-state index contributed by atoms with van der Waals surface area (Å²) in [5.74, 6) is 0.195. The monoisotopic (exact) mass is 450 g/mol. The number of nitrogens with one attached hydrogen (secondary N) is 2. The Bertz CT molecular complexity index is 909. The molecule has 1 aliphatic heterocycles. The first-order chi connectivity index (χ1) is 16.0. The fourth-order valence-corrected chi connectivity index (χ4v) is 4.36. The molecule has 2 aromatic carbocycles. The van der Waals surface area contributed by atoms with Crippen LogP contribution < -0.4 is 10.6 Å². The van der Waals surface area contributed by atoms with Crippen molar-refractivity contribution >= 4 is 17.6 Å². The van der Waals surface area contributed by atoms with E-state index in [1.807, 2.05) is 47.4 Å². The minimum Gasteiger partial charge on any atom is -0.351 e. The van der Waals surface area contributed by atoms with Crippen LogP contribution in [0.4, 0.5) is 10.5 Å². The van der Waals surface area contributed by atoms with Crippen LogP contribution in [0.3, 0.4) is 0 Å². The molecule has 2 N–H and O–H groups in total. The number of hydrogen-bond acceptors (Lipinski definition) is 3. The summed E-state index contributed by atoms with van der Waals surface area (Å²) in [4.78, 5) is 29.7. The molecule has 1 atom stereocenters. The van der Waals surface area contributed by atoms with E-state index in [1.54, 1.807) is 0 Å². The van der Waals surface area contributed by atoms with Crippen molar-refractivity contribution in [3.63, 3.8) is 0 Å². The normalized spacial score (nSPS) is 16.0. The number of aryl methyl sites for hydroxylation is 1. The van der Waals surface area contributed by atoms with Crippen LogP contribution >= 0.6 is 0 Å². The van der Waals surface area contributed by atoms with Gasteiger partial charge in [0, 0.05) is 43.3 Å². The molecular weight excluding hydrogens is 412 g/mol. The van der Waals surface area contributed by atoms with Gasteiger partial charge in [-0.2, -0.15) is 0 Å². The van der Waals surface area contributed by atoms with E-state index < -0.39 is 0 Å². The van der Waals surface area contributed by atoms with E-state index in [1.165, 1.54) is 5.56 Å². The maximum atomic E-state index is 12.8. The summed E-state index contributed by atoms with van der Waals surface area (Å²) in [6.07, 6.45) is 2.95. The number of amides is 3. The van der Waals surface area contributed by atoms with Crippen molar-refractivity contribution in [2.24, 2.45) is 0 Å². The van der Waals surface area contributed by atoms with Crippen molar-refractivity contribution < 1.29 is 9.59 Å². The zero-order chi connectivity index (χ0) is 23.6. The van der Waals surface area contributed by atoms with E-state index >= 15 is 0 Å². The minimum atomic E-state index is -0.0609. The van der Waals surface area contributed by atoms with Gasteiger partial charge in [-0.05, 0) is 67.7 Å². The number of likely N-dealkylation sites (tertiary alicyclic amines) is 1. The van der Waals surface area contributed by atoms with Gasteiger partial charge in [0.1, 0.15) is 0 Å². The summed E-state index contributed by atoms with van der Waals surface area (Å²) in [5, 5.41) is 6.06. The van der Waals surface area contributed by atoms with Crippen LogP contribution in [-0.2, 0) is 6.42 Å². The Morgan fingerprint density at radius 2 is 1.82 bits per heavy atom. The Morgan fingerprint density at radius 3 is 2.52 bits per heavy atom. The third-order valence-corrected chi connectivity index (χ3v) is 6.55. The van der Waals surface area contributed by atoms with E-state index in [0.717, 1.165) is 56.7 Å². The molecule has 3 amide bonds. The van der Waals surface area contributed by atoms with Gasteiger partial charge in [0.25, 0.3) is 5.91 Å². The summed E-state index contributed by atoms with van der Waals surface area (Å²) in [7, 11) is 0.